The van der Waals surface area contributed by atoms with Crippen molar-refractivity contribution in [2.45, 2.75) is 26.3 Å². The van der Waals surface area contributed by atoms with Gasteiger partial charge in [0.15, 0.2) is 0 Å². The molecule has 0 radical (unpaired) electrons. The van der Waals surface area contributed by atoms with Gasteiger partial charge in [0.25, 0.3) is 5.56 Å². The van der Waals surface area contributed by atoms with Crippen LogP contribution in [0.2, 0.25) is 0 Å². The fourth-order valence-electron chi connectivity index (χ4n) is 3.59. The Morgan fingerprint density at radius 1 is 1.16 bits per heavy atom. The molecule has 0 aliphatic carbocycles. The molecule has 2 heterocycles. The largest absolute Gasteiger partial charge is 0.310 e. The highest BCUT2D eigenvalue weighted by Crippen LogP contribution is 2.30. The lowest BCUT2D eigenvalue weighted by molar-refractivity contribution is -0.119. The third-order valence-corrected chi connectivity index (χ3v) is 4.77. The van der Waals surface area contributed by atoms with Crippen molar-refractivity contribution in [3.05, 3.63) is 70.1 Å². The van der Waals surface area contributed by atoms with Gasteiger partial charge in [0.2, 0.25) is 5.91 Å². The van der Waals surface area contributed by atoms with E-state index in [-0.39, 0.29) is 18.0 Å². The first-order valence-corrected chi connectivity index (χ1v) is 8.48. The maximum atomic E-state index is 13.0. The van der Waals surface area contributed by atoms with Crippen LogP contribution in [0.1, 0.15) is 17.5 Å². The molecule has 0 spiro atoms. The van der Waals surface area contributed by atoms with Gasteiger partial charge in [-0.05, 0) is 43.0 Å². The van der Waals surface area contributed by atoms with Crippen LogP contribution < -0.4 is 10.5 Å². The molecular formula is C20H19N3O2. The molecule has 0 unspecified atom stereocenters. The predicted octanol–water partition coefficient (Wildman–Crippen LogP) is 2.68. The van der Waals surface area contributed by atoms with Gasteiger partial charge in [-0.1, -0.05) is 30.3 Å². The van der Waals surface area contributed by atoms with Crippen LogP contribution in [0, 0.1) is 6.92 Å². The second-order valence-electron chi connectivity index (χ2n) is 6.40. The summed E-state index contributed by atoms with van der Waals surface area (Å²) in [6.07, 6.45) is 3.21. The Kier molecular flexibility index (Phi) is 3.84. The Hall–Kier alpha value is -2.95. The normalized spacial score (nSPS) is 13.7. The minimum Gasteiger partial charge on any atom is -0.310 e. The molecule has 3 aromatic rings. The number of nitrogens with zero attached hydrogens (tertiary/aromatic N) is 3. The zero-order valence-corrected chi connectivity index (χ0v) is 14.1. The summed E-state index contributed by atoms with van der Waals surface area (Å²) in [5.41, 5.74) is 4.44. The smallest absolute Gasteiger partial charge is 0.269 e. The van der Waals surface area contributed by atoms with Gasteiger partial charge in [-0.15, -0.1) is 0 Å². The van der Waals surface area contributed by atoms with Crippen LogP contribution in [0.15, 0.2) is 53.5 Å². The number of benzene rings is 2. The number of aromatic nitrogens is 2. The first kappa shape index (κ1) is 15.6. The summed E-state index contributed by atoms with van der Waals surface area (Å²) >= 11 is 0. The number of rotatable bonds is 2. The standard InChI is InChI=1S/C20H19N3O2/c1-14-6-4-7-15-8-5-11-22(20(14)15)19(25)13-23-17-10-3-2-9-16(17)21-12-18(23)24/h2-4,6-7,9-10,12H,5,8,11,13H2,1H3. The molecule has 4 rings (SSSR count). The Labute approximate surface area is 145 Å². The lowest BCUT2D eigenvalue weighted by Gasteiger charge is -2.31. The predicted molar refractivity (Wildman–Crippen MR) is 97.9 cm³/mol. The number of carbonyl (C=O) groups is 1. The number of anilines is 1. The van der Waals surface area contributed by atoms with Gasteiger partial charge in [-0.3, -0.25) is 14.2 Å². The van der Waals surface area contributed by atoms with Crippen LogP contribution in [0.3, 0.4) is 0 Å². The number of aryl methyl sites for hydroxylation is 2. The fraction of sp³-hybridized carbons (Fsp3) is 0.250. The van der Waals surface area contributed by atoms with E-state index in [4.69, 9.17) is 0 Å². The Morgan fingerprint density at radius 2 is 2.00 bits per heavy atom. The van der Waals surface area contributed by atoms with Crippen LogP contribution in [-0.2, 0) is 17.8 Å². The second kappa shape index (κ2) is 6.16. The lowest BCUT2D eigenvalue weighted by Crippen LogP contribution is -2.40. The van der Waals surface area contributed by atoms with Crippen molar-refractivity contribution in [1.29, 1.82) is 0 Å². The zero-order valence-electron chi connectivity index (χ0n) is 14.1. The van der Waals surface area contributed by atoms with Crippen molar-refractivity contribution < 1.29 is 4.79 Å². The van der Waals surface area contributed by atoms with Crippen molar-refractivity contribution >= 4 is 22.6 Å². The average molecular weight is 333 g/mol. The van der Waals surface area contributed by atoms with Gasteiger partial charge in [0.05, 0.1) is 17.2 Å². The molecule has 1 aromatic heterocycles. The minimum absolute atomic E-state index is 0.0235. The third kappa shape index (κ3) is 2.71. The summed E-state index contributed by atoms with van der Waals surface area (Å²) in [6.45, 7) is 2.74. The van der Waals surface area contributed by atoms with Gasteiger partial charge in [-0.25, -0.2) is 4.98 Å². The van der Waals surface area contributed by atoms with Crippen LogP contribution >= 0.6 is 0 Å². The van der Waals surface area contributed by atoms with Crippen molar-refractivity contribution in [3.63, 3.8) is 0 Å². The molecule has 2 aromatic carbocycles. The maximum absolute atomic E-state index is 13.0. The Morgan fingerprint density at radius 3 is 2.88 bits per heavy atom. The molecule has 5 heteroatoms. The van der Waals surface area contributed by atoms with E-state index >= 15 is 0 Å². The van der Waals surface area contributed by atoms with E-state index in [0.29, 0.717) is 17.6 Å². The van der Waals surface area contributed by atoms with Crippen LogP contribution in [-0.4, -0.2) is 22.0 Å². The first-order chi connectivity index (χ1) is 12.1. The highest BCUT2D eigenvalue weighted by Gasteiger charge is 2.24. The Balaban J connectivity index is 1.74. The first-order valence-electron chi connectivity index (χ1n) is 8.48. The third-order valence-electron chi connectivity index (χ3n) is 4.77. The van der Waals surface area contributed by atoms with E-state index in [2.05, 4.69) is 11.1 Å². The summed E-state index contributed by atoms with van der Waals surface area (Å²) in [5, 5.41) is 0. The van der Waals surface area contributed by atoms with Crippen molar-refractivity contribution in [1.82, 2.24) is 9.55 Å². The molecule has 5 nitrogen and oxygen atoms in total. The highest BCUT2D eigenvalue weighted by atomic mass is 16.2. The molecule has 0 fully saturated rings. The van der Waals surface area contributed by atoms with Crippen molar-refractivity contribution in [2.24, 2.45) is 0 Å². The summed E-state index contributed by atoms with van der Waals surface area (Å²) in [6, 6.07) is 13.5. The number of carbonyl (C=O) groups excluding carboxylic acids is 1. The zero-order chi connectivity index (χ0) is 17.4. The number of hydrogen-bond donors (Lipinski definition) is 0. The van der Waals surface area contributed by atoms with Crippen LogP contribution in [0.5, 0.6) is 0 Å². The molecule has 1 aliphatic heterocycles. The molecule has 0 bridgehead atoms. The van der Waals surface area contributed by atoms with Gasteiger partial charge in [0, 0.05) is 12.2 Å². The molecule has 0 saturated carbocycles. The summed E-state index contributed by atoms with van der Waals surface area (Å²) in [5.74, 6) is -0.0614. The topological polar surface area (TPSA) is 55.2 Å². The van der Waals surface area contributed by atoms with Gasteiger partial charge in [-0.2, -0.15) is 0 Å². The van der Waals surface area contributed by atoms with E-state index in [9.17, 15) is 9.59 Å². The molecule has 126 valence electrons. The van der Waals surface area contributed by atoms with Crippen LogP contribution in [0.25, 0.3) is 11.0 Å². The van der Waals surface area contributed by atoms with E-state index in [1.165, 1.54) is 16.3 Å². The molecule has 0 N–H and O–H groups in total. The molecular weight excluding hydrogens is 314 g/mol. The highest BCUT2D eigenvalue weighted by molar-refractivity contribution is 5.96. The summed E-state index contributed by atoms with van der Waals surface area (Å²) in [4.78, 5) is 31.3. The van der Waals surface area contributed by atoms with Crippen molar-refractivity contribution in [3.8, 4) is 0 Å². The van der Waals surface area contributed by atoms with E-state index in [1.54, 1.807) is 0 Å². The number of para-hydroxylation sites is 3. The van der Waals surface area contributed by atoms with E-state index in [1.807, 2.05) is 48.2 Å². The lowest BCUT2D eigenvalue weighted by atomic mass is 9.98. The molecule has 25 heavy (non-hydrogen) atoms. The SMILES string of the molecule is Cc1cccc2c1N(C(=O)Cn1c(=O)cnc3ccccc31)CCC2. The Bertz CT molecular complexity index is 1020. The minimum atomic E-state index is -0.255. The fourth-order valence-corrected chi connectivity index (χ4v) is 3.59. The maximum Gasteiger partial charge on any atom is 0.269 e. The monoisotopic (exact) mass is 333 g/mol. The van der Waals surface area contributed by atoms with E-state index < -0.39 is 0 Å². The number of fused-ring (bicyclic) bond motifs is 2. The average Bonchev–Trinajstić information content (AvgIpc) is 2.64. The molecule has 0 atom stereocenters. The summed E-state index contributed by atoms with van der Waals surface area (Å²) < 4.78 is 1.51. The van der Waals surface area contributed by atoms with Gasteiger partial charge < -0.3 is 4.90 Å². The quantitative estimate of drug-likeness (QED) is 0.724. The second-order valence-corrected chi connectivity index (χ2v) is 6.40. The molecule has 1 aliphatic rings. The van der Waals surface area contributed by atoms with Gasteiger partial charge in [0.1, 0.15) is 6.54 Å². The number of amides is 1. The van der Waals surface area contributed by atoms with Gasteiger partial charge >= 0.3 is 0 Å². The molecule has 1 amide bonds. The van der Waals surface area contributed by atoms with Crippen LogP contribution in [0.4, 0.5) is 5.69 Å². The number of hydrogen-bond acceptors (Lipinski definition) is 3. The van der Waals surface area contributed by atoms with E-state index in [0.717, 1.165) is 24.1 Å². The summed E-state index contributed by atoms with van der Waals surface area (Å²) in [7, 11) is 0. The van der Waals surface area contributed by atoms with Crippen molar-refractivity contribution in [2.75, 3.05) is 11.4 Å². The molecule has 0 saturated heterocycles.